The van der Waals surface area contributed by atoms with Gasteiger partial charge in [0.15, 0.2) is 5.78 Å². The summed E-state index contributed by atoms with van der Waals surface area (Å²) in [4.78, 5) is 46.3. The molecule has 1 aromatic rings. The van der Waals surface area contributed by atoms with E-state index in [1.54, 1.807) is 4.90 Å². The quantitative estimate of drug-likeness (QED) is 0.582. The maximum atomic E-state index is 13.8. The molecule has 38 heavy (non-hydrogen) atoms. The summed E-state index contributed by atoms with van der Waals surface area (Å²) in [6.45, 7) is 4.46. The van der Waals surface area contributed by atoms with Crippen LogP contribution in [0.4, 0.5) is 5.69 Å². The topological polar surface area (TPSA) is 108 Å². The molecule has 3 heterocycles. The van der Waals surface area contributed by atoms with E-state index < -0.39 is 18.2 Å². The molecule has 206 valence electrons. The van der Waals surface area contributed by atoms with Crippen molar-refractivity contribution in [3.63, 3.8) is 0 Å². The van der Waals surface area contributed by atoms with Crippen molar-refractivity contribution in [3.8, 4) is 0 Å². The van der Waals surface area contributed by atoms with Gasteiger partial charge in [0.1, 0.15) is 24.8 Å². The number of piperazine rings is 1. The minimum Gasteiger partial charge on any atom is -0.369 e. The van der Waals surface area contributed by atoms with Gasteiger partial charge in [-0.25, -0.2) is 0 Å². The second-order valence-corrected chi connectivity index (χ2v) is 11.8. The Morgan fingerprint density at radius 1 is 0.947 bits per heavy atom. The fraction of sp³-hybridized carbons (Fsp3) is 0.690. The van der Waals surface area contributed by atoms with E-state index in [0.29, 0.717) is 5.56 Å². The Bertz CT molecular complexity index is 1030. The largest absolute Gasteiger partial charge is 0.369 e. The van der Waals surface area contributed by atoms with Crippen LogP contribution in [0.15, 0.2) is 24.3 Å². The molecule has 3 saturated heterocycles. The molecule has 0 spiro atoms. The van der Waals surface area contributed by atoms with E-state index in [1.165, 1.54) is 19.3 Å². The standard InChI is InChI=1S/C29H41N5O4/c30-23-17-34(26-24(35)18-38-27(23)26)29(37)25(19-5-2-1-3-6-19)31-28(36)20-9-11-22(12-10-20)33-15-13-32(14-16-33)21-7-4-8-21/h9-12,19,21,23,25-27H,1-8,13-18,30H2,(H,31,36)/t23-,25+,26-,27-/m1/s1. The lowest BCUT2D eigenvalue weighted by atomic mass is 9.83. The fourth-order valence-electron chi connectivity index (χ4n) is 7.09. The predicted molar refractivity (Wildman–Crippen MR) is 144 cm³/mol. The van der Waals surface area contributed by atoms with Crippen molar-refractivity contribution in [1.82, 2.24) is 15.1 Å². The lowest BCUT2D eigenvalue weighted by Gasteiger charge is -2.43. The molecule has 3 aliphatic heterocycles. The van der Waals surface area contributed by atoms with Crippen LogP contribution in [0.1, 0.15) is 61.7 Å². The maximum absolute atomic E-state index is 13.8. The first-order chi connectivity index (χ1) is 18.5. The molecule has 9 heteroatoms. The SMILES string of the molecule is N[C@@H]1CN(C(=O)[C@@H](NC(=O)c2ccc(N3CCN(C4CCC4)CC3)cc2)C2CCCCC2)[C@@H]2C(=O)CO[C@H]12. The van der Waals surface area contributed by atoms with Crippen LogP contribution >= 0.6 is 0 Å². The molecule has 6 rings (SSSR count). The number of Topliss-reactive ketones (excluding diaryl/α,β-unsaturated/α-hetero) is 1. The number of carbonyl (C=O) groups is 3. The number of benzene rings is 1. The van der Waals surface area contributed by atoms with Crippen LogP contribution in [-0.4, -0.2) is 97.0 Å². The van der Waals surface area contributed by atoms with Gasteiger partial charge in [-0.15, -0.1) is 0 Å². The first-order valence-electron chi connectivity index (χ1n) is 14.6. The summed E-state index contributed by atoms with van der Waals surface area (Å²) >= 11 is 0. The summed E-state index contributed by atoms with van der Waals surface area (Å²) in [7, 11) is 0. The number of amides is 2. The molecule has 0 bridgehead atoms. The monoisotopic (exact) mass is 523 g/mol. The number of ether oxygens (including phenoxy) is 1. The van der Waals surface area contributed by atoms with Gasteiger partial charge in [0.25, 0.3) is 5.91 Å². The van der Waals surface area contributed by atoms with Crippen molar-refractivity contribution < 1.29 is 19.1 Å². The molecule has 1 aromatic carbocycles. The Morgan fingerprint density at radius 2 is 1.66 bits per heavy atom. The average molecular weight is 524 g/mol. The Kier molecular flexibility index (Phi) is 7.42. The highest BCUT2D eigenvalue weighted by Gasteiger charge is 2.52. The van der Waals surface area contributed by atoms with Crippen molar-refractivity contribution in [3.05, 3.63) is 29.8 Å². The molecular formula is C29H41N5O4. The number of nitrogens with two attached hydrogens (primary N) is 1. The highest BCUT2D eigenvalue weighted by Crippen LogP contribution is 2.32. The van der Waals surface area contributed by atoms with Gasteiger partial charge >= 0.3 is 0 Å². The van der Waals surface area contributed by atoms with Gasteiger partial charge in [0.05, 0.1) is 6.04 Å². The van der Waals surface area contributed by atoms with Crippen LogP contribution in [0.25, 0.3) is 0 Å². The molecule has 2 aliphatic carbocycles. The Balaban J connectivity index is 1.13. The van der Waals surface area contributed by atoms with Crippen LogP contribution in [0.5, 0.6) is 0 Å². The zero-order valence-corrected chi connectivity index (χ0v) is 22.2. The smallest absolute Gasteiger partial charge is 0.251 e. The number of nitrogens with one attached hydrogen (secondary N) is 1. The van der Waals surface area contributed by atoms with Crippen LogP contribution in [0.3, 0.4) is 0 Å². The van der Waals surface area contributed by atoms with Crippen molar-refractivity contribution >= 4 is 23.3 Å². The number of anilines is 1. The van der Waals surface area contributed by atoms with Gasteiger partial charge in [0, 0.05) is 50.0 Å². The summed E-state index contributed by atoms with van der Waals surface area (Å²) in [5.74, 6) is -0.495. The van der Waals surface area contributed by atoms with Gasteiger partial charge in [-0.1, -0.05) is 25.7 Å². The first-order valence-corrected chi connectivity index (χ1v) is 14.6. The third-order valence-electron chi connectivity index (χ3n) is 9.58. The van der Waals surface area contributed by atoms with Gasteiger partial charge in [-0.3, -0.25) is 19.3 Å². The predicted octanol–water partition coefficient (Wildman–Crippen LogP) is 1.55. The average Bonchev–Trinajstić information content (AvgIpc) is 3.47. The van der Waals surface area contributed by atoms with E-state index in [-0.39, 0.29) is 42.7 Å². The zero-order chi connectivity index (χ0) is 26.2. The van der Waals surface area contributed by atoms with Crippen LogP contribution < -0.4 is 16.0 Å². The molecule has 3 N–H and O–H groups in total. The molecule has 0 radical (unpaired) electrons. The summed E-state index contributed by atoms with van der Waals surface area (Å²) in [5, 5.41) is 3.08. The molecule has 5 fully saturated rings. The van der Waals surface area contributed by atoms with Crippen LogP contribution in [0, 0.1) is 5.92 Å². The van der Waals surface area contributed by atoms with Crippen molar-refractivity contribution in [2.45, 2.75) is 81.6 Å². The fourth-order valence-corrected chi connectivity index (χ4v) is 7.09. The maximum Gasteiger partial charge on any atom is 0.251 e. The molecule has 0 unspecified atom stereocenters. The number of carbonyl (C=O) groups excluding carboxylic acids is 3. The summed E-state index contributed by atoms with van der Waals surface area (Å²) in [5.41, 5.74) is 7.90. The summed E-state index contributed by atoms with van der Waals surface area (Å²) in [6, 6.07) is 6.86. The minimum absolute atomic E-state index is 0.00472. The highest BCUT2D eigenvalue weighted by atomic mass is 16.5. The van der Waals surface area contributed by atoms with Gasteiger partial charge in [-0.2, -0.15) is 0 Å². The molecule has 4 atom stereocenters. The second kappa shape index (κ2) is 10.9. The normalized spacial score (nSPS) is 29.7. The number of hydrogen-bond donors (Lipinski definition) is 2. The Morgan fingerprint density at radius 3 is 2.32 bits per heavy atom. The van der Waals surface area contributed by atoms with Crippen LogP contribution in [-0.2, 0) is 14.3 Å². The van der Waals surface area contributed by atoms with Gasteiger partial charge < -0.3 is 25.6 Å². The highest BCUT2D eigenvalue weighted by molar-refractivity contribution is 5.99. The van der Waals surface area contributed by atoms with E-state index >= 15 is 0 Å². The molecule has 5 aliphatic rings. The summed E-state index contributed by atoms with van der Waals surface area (Å²) < 4.78 is 5.58. The molecule has 2 saturated carbocycles. The van der Waals surface area contributed by atoms with E-state index in [9.17, 15) is 14.4 Å². The number of fused-ring (bicyclic) bond motifs is 1. The molecule has 0 aromatic heterocycles. The number of likely N-dealkylation sites (tertiary alicyclic amines) is 1. The van der Waals surface area contributed by atoms with E-state index in [4.69, 9.17) is 10.5 Å². The number of nitrogens with zero attached hydrogens (tertiary/aromatic N) is 3. The molecule has 2 amide bonds. The summed E-state index contributed by atoms with van der Waals surface area (Å²) in [6.07, 6.45) is 8.60. The van der Waals surface area contributed by atoms with Gasteiger partial charge in [-0.05, 0) is 55.9 Å². The van der Waals surface area contributed by atoms with E-state index in [0.717, 1.165) is 70.0 Å². The van der Waals surface area contributed by atoms with Crippen molar-refractivity contribution in [1.29, 1.82) is 0 Å². The number of hydrogen-bond acceptors (Lipinski definition) is 7. The third kappa shape index (κ3) is 4.96. The lowest BCUT2D eigenvalue weighted by Crippen LogP contribution is -2.55. The molecule has 9 nitrogen and oxygen atoms in total. The second-order valence-electron chi connectivity index (χ2n) is 11.8. The minimum atomic E-state index is -0.665. The Labute approximate surface area is 225 Å². The van der Waals surface area contributed by atoms with E-state index in [2.05, 4.69) is 15.1 Å². The Hall–Kier alpha value is -2.49. The zero-order valence-electron chi connectivity index (χ0n) is 22.2. The third-order valence-corrected chi connectivity index (χ3v) is 9.58. The lowest BCUT2D eigenvalue weighted by molar-refractivity contribution is -0.139. The number of ketones is 1. The first kappa shape index (κ1) is 25.8. The molecular weight excluding hydrogens is 482 g/mol. The van der Waals surface area contributed by atoms with Crippen molar-refractivity contribution in [2.75, 3.05) is 44.2 Å². The van der Waals surface area contributed by atoms with E-state index in [1.807, 2.05) is 24.3 Å². The van der Waals surface area contributed by atoms with Crippen LogP contribution in [0.2, 0.25) is 0 Å². The van der Waals surface area contributed by atoms with Gasteiger partial charge in [0.2, 0.25) is 5.91 Å². The van der Waals surface area contributed by atoms with Crippen molar-refractivity contribution in [2.24, 2.45) is 11.7 Å². The number of rotatable bonds is 6.